The largest absolute Gasteiger partial charge is 0.378 e. The highest BCUT2D eigenvalue weighted by Crippen LogP contribution is 2.28. The number of imidazole rings is 1. The lowest BCUT2D eigenvalue weighted by atomic mass is 10.1. The topological polar surface area (TPSA) is 68.5 Å². The monoisotopic (exact) mass is 426 g/mol. The van der Waals surface area contributed by atoms with E-state index in [1.807, 2.05) is 30.3 Å². The van der Waals surface area contributed by atoms with Crippen LogP contribution in [0.2, 0.25) is 0 Å². The van der Waals surface area contributed by atoms with Crippen LogP contribution in [0.3, 0.4) is 0 Å². The Bertz CT molecular complexity index is 1070. The van der Waals surface area contributed by atoms with E-state index in [4.69, 9.17) is 19.4 Å². The van der Waals surface area contributed by atoms with E-state index in [-0.39, 0.29) is 12.1 Å². The van der Waals surface area contributed by atoms with E-state index in [0.29, 0.717) is 31.6 Å². The van der Waals surface area contributed by atoms with E-state index >= 15 is 0 Å². The molecule has 2 unspecified atom stereocenters. The first-order valence-electron chi connectivity index (χ1n) is 10.8. The zero-order valence-corrected chi connectivity index (χ0v) is 17.9. The smallest absolute Gasteiger partial charge is 0.239 e. The second kappa shape index (κ2) is 8.39. The Morgan fingerprint density at radius 2 is 1.77 bits per heavy atom. The van der Waals surface area contributed by atoms with E-state index in [2.05, 4.69) is 28.6 Å². The molecule has 2 aliphatic heterocycles. The van der Waals surface area contributed by atoms with Crippen LogP contribution in [-0.2, 0) is 16.1 Å². The summed E-state index contributed by atoms with van der Waals surface area (Å²) in [5.74, 6) is 2.37. The number of benzene rings is 1. The van der Waals surface area contributed by atoms with Crippen LogP contribution in [0.25, 0.3) is 17.0 Å². The predicted octanol–water partition coefficient (Wildman–Crippen LogP) is 2.74. The third-order valence-electron chi connectivity index (χ3n) is 6.15. The Hall–Kier alpha value is -2.78. The molecule has 2 atom stereocenters. The van der Waals surface area contributed by atoms with Crippen LogP contribution in [0, 0.1) is 0 Å². The van der Waals surface area contributed by atoms with Crippen LogP contribution in [0.15, 0.2) is 30.3 Å². The van der Waals surface area contributed by atoms with Gasteiger partial charge in [0, 0.05) is 25.7 Å². The van der Waals surface area contributed by atoms with E-state index in [1.54, 1.807) is 4.57 Å². The summed E-state index contributed by atoms with van der Waals surface area (Å²) in [5.41, 5.74) is 1.52. The zero-order valence-electron chi connectivity index (χ0n) is 17.9. The number of hydrogen-bond acceptors (Lipinski definition) is 7. The van der Waals surface area contributed by atoms with Crippen LogP contribution < -0.4 is 9.80 Å². The van der Waals surface area contributed by atoms with Crippen molar-refractivity contribution >= 4 is 22.7 Å². The van der Waals surface area contributed by atoms with Crippen molar-refractivity contribution in [2.45, 2.75) is 32.7 Å². The quantitative estimate of drug-likeness (QED) is 0.635. The summed E-state index contributed by atoms with van der Waals surface area (Å²) in [5, 5.41) is 0. The molecule has 0 N–H and O–H groups in total. The average Bonchev–Trinajstić information content (AvgIpc) is 3.20. The van der Waals surface area contributed by atoms with E-state index in [1.165, 1.54) is 0 Å². The lowest BCUT2D eigenvalue weighted by molar-refractivity contribution is 0.0281. The Labute approximate surface area is 180 Å². The van der Waals surface area contributed by atoms with Crippen molar-refractivity contribution in [3.8, 4) is 5.95 Å². The molecule has 5 rings (SSSR count). The summed E-state index contributed by atoms with van der Waals surface area (Å²) in [6.45, 7) is 7.72. The molecule has 0 amide bonds. The molecular weight excluding hydrogens is 399 g/mol. The van der Waals surface area contributed by atoms with Crippen LogP contribution in [0.5, 0.6) is 0 Å². The minimum Gasteiger partial charge on any atom is -0.378 e. The molecule has 4 heterocycles. The van der Waals surface area contributed by atoms with Gasteiger partial charge in [-0.1, -0.05) is 12.1 Å². The van der Waals surface area contributed by atoms with Gasteiger partial charge in [-0.3, -0.25) is 4.57 Å². The van der Waals surface area contributed by atoms with Crippen molar-refractivity contribution in [3.63, 3.8) is 0 Å². The standard InChI is InChI=1S/C22H27FN6O2/c1-15-16(2)31-12-9-28(15)20-13-19(27-7-10-30-11-8-27)25-22(26-20)29-18-6-4-3-5-17(18)24-21(29)14-23/h3-6,13,15-16H,7-12,14H2,1-2H3. The minimum atomic E-state index is -0.694. The van der Waals surface area contributed by atoms with Gasteiger partial charge in [-0.15, -0.1) is 0 Å². The molecule has 164 valence electrons. The Morgan fingerprint density at radius 1 is 1.00 bits per heavy atom. The Balaban J connectivity index is 1.67. The van der Waals surface area contributed by atoms with Gasteiger partial charge in [-0.2, -0.15) is 9.97 Å². The van der Waals surface area contributed by atoms with Crippen molar-refractivity contribution in [2.24, 2.45) is 0 Å². The van der Waals surface area contributed by atoms with Crippen molar-refractivity contribution in [2.75, 3.05) is 49.3 Å². The normalized spacial score (nSPS) is 22.3. The lowest BCUT2D eigenvalue weighted by Gasteiger charge is -2.39. The molecule has 1 aromatic carbocycles. The fourth-order valence-electron chi connectivity index (χ4n) is 4.26. The summed E-state index contributed by atoms with van der Waals surface area (Å²) in [6, 6.07) is 9.80. The first-order valence-corrected chi connectivity index (χ1v) is 10.8. The molecule has 3 aromatic rings. The fraction of sp³-hybridized carbons (Fsp3) is 0.500. The molecule has 2 fully saturated rings. The van der Waals surface area contributed by atoms with Crippen LogP contribution >= 0.6 is 0 Å². The molecule has 0 radical (unpaired) electrons. The lowest BCUT2D eigenvalue weighted by Crippen LogP contribution is -2.49. The van der Waals surface area contributed by atoms with Gasteiger partial charge in [0.05, 0.1) is 43.0 Å². The second-order valence-electron chi connectivity index (χ2n) is 7.98. The van der Waals surface area contributed by atoms with Crippen molar-refractivity contribution in [1.29, 1.82) is 0 Å². The van der Waals surface area contributed by atoms with Gasteiger partial charge >= 0.3 is 0 Å². The summed E-state index contributed by atoms with van der Waals surface area (Å²) in [7, 11) is 0. The first kappa shape index (κ1) is 20.1. The van der Waals surface area contributed by atoms with E-state index in [9.17, 15) is 4.39 Å². The maximum Gasteiger partial charge on any atom is 0.239 e. The molecule has 8 nitrogen and oxygen atoms in total. The van der Waals surface area contributed by atoms with Gasteiger partial charge in [0.1, 0.15) is 24.1 Å². The van der Waals surface area contributed by atoms with Gasteiger partial charge in [0.15, 0.2) is 0 Å². The minimum absolute atomic E-state index is 0.0921. The molecule has 0 spiro atoms. The van der Waals surface area contributed by atoms with Gasteiger partial charge < -0.3 is 19.3 Å². The molecule has 2 aliphatic rings. The van der Waals surface area contributed by atoms with Crippen molar-refractivity contribution < 1.29 is 13.9 Å². The number of para-hydroxylation sites is 2. The van der Waals surface area contributed by atoms with E-state index < -0.39 is 6.67 Å². The molecule has 2 aromatic heterocycles. The van der Waals surface area contributed by atoms with Gasteiger partial charge in [0.25, 0.3) is 0 Å². The van der Waals surface area contributed by atoms with Crippen molar-refractivity contribution in [1.82, 2.24) is 19.5 Å². The SMILES string of the molecule is CC1OCCN(c2cc(N3CCOCC3)nc(-n3c(CF)nc4ccccc43)n2)C1C. The van der Waals surface area contributed by atoms with Crippen LogP contribution in [0.4, 0.5) is 16.0 Å². The average molecular weight is 426 g/mol. The third-order valence-corrected chi connectivity index (χ3v) is 6.15. The number of anilines is 2. The number of alkyl halides is 1. The van der Waals surface area contributed by atoms with Gasteiger partial charge in [-0.25, -0.2) is 9.37 Å². The van der Waals surface area contributed by atoms with Crippen LogP contribution in [-0.4, -0.2) is 71.1 Å². The molecule has 2 saturated heterocycles. The van der Waals surface area contributed by atoms with Crippen LogP contribution in [0.1, 0.15) is 19.7 Å². The summed E-state index contributed by atoms with van der Waals surface area (Å²) in [6.07, 6.45) is 0.0921. The highest BCUT2D eigenvalue weighted by Gasteiger charge is 2.28. The molecule has 0 bridgehead atoms. The number of halogens is 1. The maximum atomic E-state index is 13.9. The van der Waals surface area contributed by atoms with Gasteiger partial charge in [0.2, 0.25) is 5.95 Å². The van der Waals surface area contributed by atoms with Gasteiger partial charge in [-0.05, 0) is 26.0 Å². The summed E-state index contributed by atoms with van der Waals surface area (Å²) >= 11 is 0. The number of aromatic nitrogens is 4. The number of hydrogen-bond donors (Lipinski definition) is 0. The summed E-state index contributed by atoms with van der Waals surface area (Å²) in [4.78, 5) is 18.7. The first-order chi connectivity index (χ1) is 15.2. The molecule has 0 aliphatic carbocycles. The van der Waals surface area contributed by atoms with E-state index in [0.717, 1.165) is 42.3 Å². The highest BCUT2D eigenvalue weighted by molar-refractivity contribution is 5.77. The Morgan fingerprint density at radius 3 is 2.58 bits per heavy atom. The molecule has 9 heteroatoms. The number of rotatable bonds is 4. The molecular formula is C22H27FN6O2. The highest BCUT2D eigenvalue weighted by atomic mass is 19.1. The number of ether oxygens (including phenoxy) is 2. The maximum absolute atomic E-state index is 13.9. The molecule has 31 heavy (non-hydrogen) atoms. The summed E-state index contributed by atoms with van der Waals surface area (Å²) < 4.78 is 27.0. The molecule has 0 saturated carbocycles. The number of morpholine rings is 2. The predicted molar refractivity (Wildman–Crippen MR) is 117 cm³/mol. The Kier molecular flexibility index (Phi) is 5.45. The zero-order chi connectivity index (χ0) is 21.4. The number of nitrogens with zero attached hydrogens (tertiary/aromatic N) is 6. The second-order valence-corrected chi connectivity index (χ2v) is 7.98. The number of fused-ring (bicyclic) bond motifs is 1. The third kappa shape index (κ3) is 3.72. The fourth-order valence-corrected chi connectivity index (χ4v) is 4.26. The van der Waals surface area contributed by atoms with Crippen molar-refractivity contribution in [3.05, 3.63) is 36.2 Å².